The maximum atomic E-state index is 6.58. The molecule has 1 aromatic heterocycles. The Hall–Kier alpha value is -7.20. The van der Waals surface area contributed by atoms with Crippen LogP contribution in [0.15, 0.2) is 229 Å². The van der Waals surface area contributed by atoms with Gasteiger partial charge in [-0.3, -0.25) is 0 Å². The second-order valence-corrected chi connectivity index (χ2v) is 18.7. The van der Waals surface area contributed by atoms with E-state index in [9.17, 15) is 0 Å². The van der Waals surface area contributed by atoms with E-state index in [2.05, 4.69) is 229 Å². The zero-order valence-corrected chi connectivity index (χ0v) is 32.2. The van der Waals surface area contributed by atoms with Gasteiger partial charge in [-0.05, 0) is 96.2 Å². The summed E-state index contributed by atoms with van der Waals surface area (Å²) < 4.78 is 6.58. The Labute approximate surface area is 332 Å². The number of rotatable bonds is 7. The van der Waals surface area contributed by atoms with Crippen LogP contribution in [0.5, 0.6) is 0 Å². The lowest BCUT2D eigenvalue weighted by atomic mass is 10.0. The highest BCUT2D eigenvalue weighted by atomic mass is 28.3. The summed E-state index contributed by atoms with van der Waals surface area (Å²) in [5.41, 5.74) is 5.07. The summed E-state index contributed by atoms with van der Waals surface area (Å²) in [6, 6.07) is 82.3. The molecule has 0 saturated heterocycles. The molecule has 11 aromatic rings. The van der Waals surface area contributed by atoms with Crippen molar-refractivity contribution in [3.8, 4) is 0 Å². The van der Waals surface area contributed by atoms with Gasteiger partial charge >= 0.3 is 0 Å². The summed E-state index contributed by atoms with van der Waals surface area (Å²) >= 11 is 0. The van der Waals surface area contributed by atoms with Crippen molar-refractivity contribution in [3.63, 3.8) is 0 Å². The molecule has 1 heterocycles. The van der Waals surface area contributed by atoms with Crippen molar-refractivity contribution in [2.24, 2.45) is 0 Å². The zero-order chi connectivity index (χ0) is 37.8. The van der Waals surface area contributed by atoms with Gasteiger partial charge in [0.05, 0.1) is 0 Å². The molecule has 11 rings (SSSR count). The highest BCUT2D eigenvalue weighted by Crippen LogP contribution is 2.41. The van der Waals surface area contributed by atoms with E-state index in [4.69, 9.17) is 4.42 Å². The van der Waals surface area contributed by atoms with Gasteiger partial charge in [0.2, 0.25) is 0 Å². The molecular formula is C54H37NOSi. The monoisotopic (exact) mass is 743 g/mol. The number of hydrogen-bond donors (Lipinski definition) is 0. The van der Waals surface area contributed by atoms with E-state index >= 15 is 0 Å². The predicted octanol–water partition coefficient (Wildman–Crippen LogP) is 11.9. The zero-order valence-electron chi connectivity index (χ0n) is 31.2. The van der Waals surface area contributed by atoms with E-state index in [0.717, 1.165) is 44.4 Å². The second-order valence-electron chi connectivity index (χ2n) is 14.9. The second kappa shape index (κ2) is 13.5. The van der Waals surface area contributed by atoms with Crippen molar-refractivity contribution in [2.75, 3.05) is 4.90 Å². The van der Waals surface area contributed by atoms with Crippen LogP contribution in [0.1, 0.15) is 0 Å². The smallest absolute Gasteiger partial charge is 0.179 e. The Morgan fingerprint density at radius 3 is 1.42 bits per heavy atom. The van der Waals surface area contributed by atoms with Gasteiger partial charge in [0.1, 0.15) is 11.2 Å². The molecule has 0 N–H and O–H groups in total. The average Bonchev–Trinajstić information content (AvgIpc) is 3.67. The van der Waals surface area contributed by atoms with Crippen molar-refractivity contribution >= 4 is 100 Å². The van der Waals surface area contributed by atoms with Gasteiger partial charge in [0, 0.05) is 33.2 Å². The lowest BCUT2D eigenvalue weighted by Gasteiger charge is -2.35. The summed E-state index contributed by atoms with van der Waals surface area (Å²) in [4.78, 5) is 2.40. The van der Waals surface area contributed by atoms with Gasteiger partial charge in [-0.15, -0.1) is 0 Å². The van der Waals surface area contributed by atoms with Crippen LogP contribution in [-0.4, -0.2) is 8.07 Å². The maximum Gasteiger partial charge on any atom is 0.179 e. The summed E-state index contributed by atoms with van der Waals surface area (Å²) in [5.74, 6) is 0. The molecule has 0 bridgehead atoms. The SMILES string of the molecule is c1ccc([Si](c2ccccc2)(c2ccccc2)c2ccc(N(c3ccc4c(ccc5ccccc54)c3)c3ccc4oc5c6ccccc6ccc5c4c3)cc2)cc1. The Kier molecular flexibility index (Phi) is 7.87. The van der Waals surface area contributed by atoms with Gasteiger partial charge in [-0.1, -0.05) is 176 Å². The van der Waals surface area contributed by atoms with E-state index in [0.29, 0.717) is 0 Å². The van der Waals surface area contributed by atoms with Crippen LogP contribution in [0.3, 0.4) is 0 Å². The van der Waals surface area contributed by atoms with E-state index in [1.807, 2.05) is 0 Å². The number of furan rings is 1. The van der Waals surface area contributed by atoms with Crippen molar-refractivity contribution in [1.82, 2.24) is 0 Å². The third-order valence-corrected chi connectivity index (χ3v) is 16.6. The molecule has 0 aliphatic carbocycles. The number of hydrogen-bond acceptors (Lipinski definition) is 2. The Bertz CT molecular complexity index is 3130. The molecule has 0 amide bonds. The highest BCUT2D eigenvalue weighted by Gasteiger charge is 2.41. The molecule has 0 unspecified atom stereocenters. The first kappa shape index (κ1) is 33.2. The molecule has 0 atom stereocenters. The summed E-state index contributed by atoms with van der Waals surface area (Å²) in [6.45, 7) is 0. The predicted molar refractivity (Wildman–Crippen MR) is 245 cm³/mol. The average molecular weight is 744 g/mol. The fraction of sp³-hybridized carbons (Fsp3) is 0. The number of nitrogens with zero attached hydrogens (tertiary/aromatic N) is 1. The third kappa shape index (κ3) is 5.39. The summed E-state index contributed by atoms with van der Waals surface area (Å²) in [6.07, 6.45) is 0. The first-order valence-electron chi connectivity index (χ1n) is 19.6. The Morgan fingerprint density at radius 1 is 0.298 bits per heavy atom. The van der Waals surface area contributed by atoms with Crippen molar-refractivity contribution in [2.45, 2.75) is 0 Å². The molecule has 3 heteroatoms. The van der Waals surface area contributed by atoms with Crippen LogP contribution in [0.4, 0.5) is 17.1 Å². The highest BCUT2D eigenvalue weighted by molar-refractivity contribution is 7.19. The number of fused-ring (bicyclic) bond motifs is 8. The fourth-order valence-corrected chi connectivity index (χ4v) is 13.9. The fourth-order valence-electron chi connectivity index (χ4n) is 9.14. The van der Waals surface area contributed by atoms with Crippen LogP contribution in [0.25, 0.3) is 54.3 Å². The molecular weight excluding hydrogens is 707 g/mol. The summed E-state index contributed by atoms with van der Waals surface area (Å²) in [7, 11) is -2.69. The van der Waals surface area contributed by atoms with Crippen molar-refractivity contribution in [1.29, 1.82) is 0 Å². The van der Waals surface area contributed by atoms with Gasteiger partial charge in [-0.2, -0.15) is 0 Å². The minimum atomic E-state index is -2.69. The Morgan fingerprint density at radius 2 is 0.754 bits per heavy atom. The van der Waals surface area contributed by atoms with Crippen LogP contribution in [-0.2, 0) is 0 Å². The maximum absolute atomic E-state index is 6.58. The number of anilines is 3. The van der Waals surface area contributed by atoms with Crippen molar-refractivity contribution in [3.05, 3.63) is 224 Å². The van der Waals surface area contributed by atoms with Gasteiger partial charge < -0.3 is 9.32 Å². The molecule has 57 heavy (non-hydrogen) atoms. The lowest BCUT2D eigenvalue weighted by molar-refractivity contribution is 0.672. The van der Waals surface area contributed by atoms with E-state index in [1.54, 1.807) is 0 Å². The number of benzene rings is 10. The molecule has 2 nitrogen and oxygen atoms in total. The molecule has 0 saturated carbocycles. The quantitative estimate of drug-likeness (QED) is 0.0918. The largest absolute Gasteiger partial charge is 0.455 e. The normalized spacial score (nSPS) is 11.9. The van der Waals surface area contributed by atoms with E-state index < -0.39 is 8.07 Å². The lowest BCUT2D eigenvalue weighted by Crippen LogP contribution is -2.74. The molecule has 268 valence electrons. The van der Waals surface area contributed by atoms with Crippen LogP contribution in [0.2, 0.25) is 0 Å². The van der Waals surface area contributed by atoms with Gasteiger partial charge in [-0.25, -0.2) is 0 Å². The van der Waals surface area contributed by atoms with Gasteiger partial charge in [0.15, 0.2) is 8.07 Å². The Balaban J connectivity index is 1.13. The van der Waals surface area contributed by atoms with Gasteiger partial charge in [0.25, 0.3) is 0 Å². The third-order valence-electron chi connectivity index (χ3n) is 11.8. The standard InChI is InChI=1S/C54H37NOSi/c1-4-16-44(17-5-1)57(45-18-6-2-7-19-45,46-20-8-3-9-21-46)47-31-27-41(28-32-47)55(42-29-34-49-40(36-42)25-24-38-14-10-12-22-48(38)49)43-30-35-53-52(37-43)51-33-26-39-15-11-13-23-50(39)54(51)56-53/h1-37H. The van der Waals surface area contributed by atoms with E-state index in [-0.39, 0.29) is 0 Å². The van der Waals surface area contributed by atoms with Crippen LogP contribution >= 0.6 is 0 Å². The minimum absolute atomic E-state index is 0.884. The van der Waals surface area contributed by atoms with Crippen LogP contribution < -0.4 is 25.6 Å². The molecule has 0 aliphatic rings. The topological polar surface area (TPSA) is 16.4 Å². The van der Waals surface area contributed by atoms with E-state index in [1.165, 1.54) is 47.7 Å². The molecule has 0 spiro atoms. The molecule has 0 radical (unpaired) electrons. The van der Waals surface area contributed by atoms with Crippen molar-refractivity contribution < 1.29 is 4.42 Å². The minimum Gasteiger partial charge on any atom is -0.455 e. The first-order valence-corrected chi connectivity index (χ1v) is 21.6. The van der Waals surface area contributed by atoms with Crippen LogP contribution in [0, 0.1) is 0 Å². The molecule has 0 aliphatic heterocycles. The molecule has 10 aromatic carbocycles. The molecule has 0 fully saturated rings. The first-order chi connectivity index (χ1) is 28.3. The summed E-state index contributed by atoms with van der Waals surface area (Å²) in [5, 5.41) is 14.9.